The summed E-state index contributed by atoms with van der Waals surface area (Å²) in [5.74, 6) is -1.32. The second-order valence-electron chi connectivity index (χ2n) is 1.64. The van der Waals surface area contributed by atoms with E-state index in [1.165, 1.54) is 7.11 Å². The zero-order valence-corrected chi connectivity index (χ0v) is 7.08. The molecule has 0 aliphatic rings. The number of carboxylic acids is 1. The van der Waals surface area contributed by atoms with Gasteiger partial charge in [-0.2, -0.15) is 0 Å². The van der Waals surface area contributed by atoms with Crippen molar-refractivity contribution in [2.45, 2.75) is 0 Å². The SMILES string of the molecule is COc1noc(C(=O)O)c1Br. The number of carboxylic acid groups (broad SMARTS) is 1. The number of hydrogen-bond acceptors (Lipinski definition) is 4. The van der Waals surface area contributed by atoms with Crippen molar-refractivity contribution in [1.82, 2.24) is 5.16 Å². The smallest absolute Gasteiger partial charge is 0.376 e. The van der Waals surface area contributed by atoms with E-state index in [-0.39, 0.29) is 16.1 Å². The van der Waals surface area contributed by atoms with Crippen LogP contribution in [0.1, 0.15) is 10.6 Å². The Bertz CT molecular complexity index is 282. The number of aromatic nitrogens is 1. The number of rotatable bonds is 2. The molecule has 0 saturated carbocycles. The molecule has 0 fully saturated rings. The average molecular weight is 222 g/mol. The monoisotopic (exact) mass is 221 g/mol. The predicted molar refractivity (Wildman–Crippen MR) is 37.7 cm³/mol. The van der Waals surface area contributed by atoms with Gasteiger partial charge in [-0.1, -0.05) is 0 Å². The molecule has 1 heterocycles. The minimum absolute atomic E-state index is 0.127. The van der Waals surface area contributed by atoms with Crippen molar-refractivity contribution < 1.29 is 19.2 Å². The Balaban J connectivity index is 3.10. The van der Waals surface area contributed by atoms with Crippen LogP contribution < -0.4 is 4.74 Å². The lowest BCUT2D eigenvalue weighted by atomic mass is 10.5. The molecular weight excluding hydrogens is 218 g/mol. The van der Waals surface area contributed by atoms with Crippen LogP contribution in [0.4, 0.5) is 0 Å². The van der Waals surface area contributed by atoms with Gasteiger partial charge in [-0.3, -0.25) is 0 Å². The summed E-state index contributed by atoms with van der Waals surface area (Å²) in [6.07, 6.45) is 0. The third kappa shape index (κ3) is 1.35. The molecule has 1 rings (SSSR count). The number of aromatic carboxylic acids is 1. The fourth-order valence-electron chi connectivity index (χ4n) is 0.524. The summed E-state index contributed by atoms with van der Waals surface area (Å²) in [6, 6.07) is 0. The highest BCUT2D eigenvalue weighted by Gasteiger charge is 2.19. The Hall–Kier alpha value is -1.04. The molecule has 1 aromatic rings. The maximum atomic E-state index is 10.3. The van der Waals surface area contributed by atoms with Gasteiger partial charge >= 0.3 is 5.97 Å². The van der Waals surface area contributed by atoms with E-state index in [4.69, 9.17) is 5.11 Å². The van der Waals surface area contributed by atoms with Gasteiger partial charge in [0.2, 0.25) is 0 Å². The first kappa shape index (κ1) is 8.06. The van der Waals surface area contributed by atoms with E-state index < -0.39 is 5.97 Å². The van der Waals surface area contributed by atoms with Gasteiger partial charge in [0, 0.05) is 0 Å². The van der Waals surface area contributed by atoms with Gasteiger partial charge in [-0.15, -0.1) is 0 Å². The number of hydrogen-bond donors (Lipinski definition) is 1. The summed E-state index contributed by atoms with van der Waals surface area (Å²) in [5.41, 5.74) is 0. The van der Waals surface area contributed by atoms with Gasteiger partial charge in [0.05, 0.1) is 7.11 Å². The predicted octanol–water partition coefficient (Wildman–Crippen LogP) is 1.14. The summed E-state index contributed by atoms with van der Waals surface area (Å²) < 4.78 is 9.30. The van der Waals surface area contributed by atoms with Crippen molar-refractivity contribution in [1.29, 1.82) is 0 Å². The molecule has 1 aromatic heterocycles. The standard InChI is InChI=1S/C5H4BrNO4/c1-10-4-2(6)3(5(8)9)11-7-4/h1H3,(H,8,9). The molecule has 0 amide bonds. The molecule has 6 heteroatoms. The van der Waals surface area contributed by atoms with Gasteiger partial charge in [-0.25, -0.2) is 4.79 Å². The van der Waals surface area contributed by atoms with Crippen LogP contribution >= 0.6 is 15.9 Å². The summed E-state index contributed by atoms with van der Waals surface area (Å²) in [5, 5.41) is 11.8. The lowest BCUT2D eigenvalue weighted by molar-refractivity contribution is 0.0650. The van der Waals surface area contributed by atoms with Crippen molar-refractivity contribution in [3.63, 3.8) is 0 Å². The molecule has 0 aliphatic heterocycles. The fourth-order valence-corrected chi connectivity index (χ4v) is 1.00. The number of carbonyl (C=O) groups is 1. The Kier molecular flexibility index (Phi) is 2.13. The minimum Gasteiger partial charge on any atom is -0.478 e. The number of halogens is 1. The summed E-state index contributed by atoms with van der Waals surface area (Å²) >= 11 is 2.95. The molecule has 0 aromatic carbocycles. The van der Waals surface area contributed by atoms with E-state index in [0.717, 1.165) is 0 Å². The highest BCUT2D eigenvalue weighted by molar-refractivity contribution is 9.10. The molecule has 0 atom stereocenters. The van der Waals surface area contributed by atoms with Crippen molar-refractivity contribution in [3.8, 4) is 5.88 Å². The van der Waals surface area contributed by atoms with Crippen molar-refractivity contribution >= 4 is 21.9 Å². The van der Waals surface area contributed by atoms with E-state index in [2.05, 4.69) is 30.3 Å². The molecule has 5 nitrogen and oxygen atoms in total. The number of ether oxygens (including phenoxy) is 1. The second kappa shape index (κ2) is 2.91. The fraction of sp³-hybridized carbons (Fsp3) is 0.200. The second-order valence-corrected chi connectivity index (χ2v) is 2.43. The lowest BCUT2D eigenvalue weighted by Crippen LogP contribution is -1.93. The van der Waals surface area contributed by atoms with Crippen molar-refractivity contribution in [3.05, 3.63) is 10.2 Å². The van der Waals surface area contributed by atoms with Crippen LogP contribution in [-0.4, -0.2) is 23.3 Å². The van der Waals surface area contributed by atoms with E-state index in [1.807, 2.05) is 0 Å². The molecule has 60 valence electrons. The molecule has 0 spiro atoms. The molecular formula is C5H4BrNO4. The summed E-state index contributed by atoms with van der Waals surface area (Å²) in [4.78, 5) is 10.3. The number of methoxy groups -OCH3 is 1. The Morgan fingerprint density at radius 2 is 2.45 bits per heavy atom. The summed E-state index contributed by atoms with van der Waals surface area (Å²) in [7, 11) is 1.37. The quantitative estimate of drug-likeness (QED) is 0.812. The van der Waals surface area contributed by atoms with Crippen LogP contribution in [0.5, 0.6) is 5.88 Å². The van der Waals surface area contributed by atoms with Gasteiger partial charge in [0.15, 0.2) is 0 Å². The molecule has 0 aliphatic carbocycles. The van der Waals surface area contributed by atoms with E-state index >= 15 is 0 Å². The third-order valence-corrected chi connectivity index (χ3v) is 1.69. The molecule has 0 radical (unpaired) electrons. The zero-order chi connectivity index (χ0) is 8.43. The molecule has 11 heavy (non-hydrogen) atoms. The van der Waals surface area contributed by atoms with Gasteiger partial charge in [0.25, 0.3) is 11.6 Å². The Labute approximate surface area is 70.1 Å². The first-order valence-corrected chi connectivity index (χ1v) is 3.38. The lowest BCUT2D eigenvalue weighted by Gasteiger charge is -1.89. The van der Waals surface area contributed by atoms with Crippen molar-refractivity contribution in [2.75, 3.05) is 7.11 Å². The Morgan fingerprint density at radius 3 is 2.73 bits per heavy atom. The van der Waals surface area contributed by atoms with Gasteiger partial charge < -0.3 is 14.4 Å². The van der Waals surface area contributed by atoms with Crippen LogP contribution in [0.3, 0.4) is 0 Å². The Morgan fingerprint density at radius 1 is 1.82 bits per heavy atom. The maximum absolute atomic E-state index is 10.3. The number of nitrogens with zero attached hydrogens (tertiary/aromatic N) is 1. The van der Waals surface area contributed by atoms with Crippen LogP contribution in [0, 0.1) is 0 Å². The molecule has 1 N–H and O–H groups in total. The van der Waals surface area contributed by atoms with Gasteiger partial charge in [0.1, 0.15) is 4.47 Å². The van der Waals surface area contributed by atoms with E-state index in [9.17, 15) is 4.79 Å². The summed E-state index contributed by atoms with van der Waals surface area (Å²) in [6.45, 7) is 0. The van der Waals surface area contributed by atoms with E-state index in [0.29, 0.717) is 0 Å². The van der Waals surface area contributed by atoms with Crippen LogP contribution in [0.15, 0.2) is 9.00 Å². The maximum Gasteiger partial charge on any atom is 0.376 e. The highest BCUT2D eigenvalue weighted by atomic mass is 79.9. The normalized spacial score (nSPS) is 9.64. The third-order valence-electron chi connectivity index (χ3n) is 0.995. The first-order valence-electron chi connectivity index (χ1n) is 2.59. The van der Waals surface area contributed by atoms with Crippen molar-refractivity contribution in [2.24, 2.45) is 0 Å². The van der Waals surface area contributed by atoms with Crippen LogP contribution in [0.25, 0.3) is 0 Å². The molecule has 0 bridgehead atoms. The zero-order valence-electron chi connectivity index (χ0n) is 5.50. The topological polar surface area (TPSA) is 72.6 Å². The van der Waals surface area contributed by atoms with Crippen LogP contribution in [0.2, 0.25) is 0 Å². The van der Waals surface area contributed by atoms with E-state index in [1.54, 1.807) is 0 Å². The molecule has 0 unspecified atom stereocenters. The van der Waals surface area contributed by atoms with Crippen LogP contribution in [-0.2, 0) is 0 Å². The minimum atomic E-state index is -1.19. The average Bonchev–Trinajstić information content (AvgIpc) is 2.30. The largest absolute Gasteiger partial charge is 0.478 e. The first-order chi connectivity index (χ1) is 5.16. The highest BCUT2D eigenvalue weighted by Crippen LogP contribution is 2.27. The van der Waals surface area contributed by atoms with Gasteiger partial charge in [-0.05, 0) is 21.1 Å². The molecule has 0 saturated heterocycles.